The molecule has 0 bridgehead atoms. The van der Waals surface area contributed by atoms with Gasteiger partial charge in [-0.15, -0.1) is 0 Å². The van der Waals surface area contributed by atoms with Crippen LogP contribution in [-0.4, -0.2) is 68.3 Å². The fourth-order valence-electron chi connectivity index (χ4n) is 3.54. The van der Waals surface area contributed by atoms with Gasteiger partial charge in [-0.25, -0.2) is 9.97 Å². The van der Waals surface area contributed by atoms with Crippen molar-refractivity contribution in [1.82, 2.24) is 14.5 Å². The number of aliphatic hydroxyl groups excluding tert-OH is 2. The molecule has 1 aliphatic rings. The number of fused-ring (bicyclic) bond motifs is 1. The van der Waals surface area contributed by atoms with E-state index in [1.54, 1.807) is 20.8 Å². The number of carbonyl (C=O) groups excluding carboxylic acids is 1. The Morgan fingerprint density at radius 3 is 2.47 bits per heavy atom. The molecule has 13 heteroatoms. The second kappa shape index (κ2) is 8.58. The molecule has 0 saturated carbocycles. The lowest BCUT2D eigenvalue weighted by atomic mass is 10.1. The van der Waals surface area contributed by atoms with Gasteiger partial charge in [-0.1, -0.05) is 0 Å². The number of ether oxygens (including phenoxy) is 1. The van der Waals surface area contributed by atoms with E-state index in [-0.39, 0.29) is 41.8 Å². The third kappa shape index (κ3) is 4.07. The van der Waals surface area contributed by atoms with Crippen molar-refractivity contribution in [2.24, 2.45) is 5.73 Å². The summed E-state index contributed by atoms with van der Waals surface area (Å²) in [6.07, 6.45) is -3.93. The standard InChI is InChI=1S/C17H26N5O7P/c1-4-27-30(26,28-5-2)7-10-12(23)13(24)17(29-10)22-6-9(15(19)25)11-14(18)20-8(3)21-16(11)22/h6,10,12-13,17,23-24H,4-5,7H2,1-3H3,(H2,19,25)(H2,18,20,21)/t10-,12-,13-,17-/m1/s1. The Morgan fingerprint density at radius 2 is 1.90 bits per heavy atom. The lowest BCUT2D eigenvalue weighted by Gasteiger charge is -2.22. The summed E-state index contributed by atoms with van der Waals surface area (Å²) < 4.78 is 30.5. The van der Waals surface area contributed by atoms with E-state index < -0.39 is 38.0 Å². The van der Waals surface area contributed by atoms with Crippen LogP contribution in [-0.2, 0) is 18.3 Å². The molecule has 3 rings (SSSR count). The fourth-order valence-corrected chi connectivity index (χ4v) is 5.35. The number of aliphatic hydroxyl groups is 2. The summed E-state index contributed by atoms with van der Waals surface area (Å²) in [7, 11) is -3.55. The van der Waals surface area contributed by atoms with Crippen molar-refractivity contribution in [1.29, 1.82) is 0 Å². The van der Waals surface area contributed by atoms with Crippen LogP contribution in [0, 0.1) is 6.92 Å². The number of carbonyl (C=O) groups is 1. The van der Waals surface area contributed by atoms with E-state index in [1.165, 1.54) is 10.8 Å². The van der Waals surface area contributed by atoms with E-state index in [1.807, 2.05) is 0 Å². The number of hydrogen-bond acceptors (Lipinski definition) is 10. The molecule has 6 N–H and O–H groups in total. The summed E-state index contributed by atoms with van der Waals surface area (Å²) >= 11 is 0. The predicted octanol–water partition coefficient (Wildman–Crippen LogP) is 0.306. The first-order valence-corrected chi connectivity index (χ1v) is 11.2. The van der Waals surface area contributed by atoms with Gasteiger partial charge in [0.05, 0.1) is 30.3 Å². The highest BCUT2D eigenvalue weighted by molar-refractivity contribution is 7.53. The highest BCUT2D eigenvalue weighted by Crippen LogP contribution is 2.51. The van der Waals surface area contributed by atoms with Crippen LogP contribution in [0.15, 0.2) is 6.20 Å². The summed E-state index contributed by atoms with van der Waals surface area (Å²) in [5, 5.41) is 21.4. The van der Waals surface area contributed by atoms with Gasteiger partial charge in [-0.2, -0.15) is 0 Å². The number of nitrogens with zero attached hydrogens (tertiary/aromatic N) is 3. The molecule has 0 aromatic carbocycles. The number of amides is 1. The Balaban J connectivity index is 2.00. The quantitative estimate of drug-likeness (QED) is 0.414. The Hall–Kier alpha value is -2.08. The summed E-state index contributed by atoms with van der Waals surface area (Å²) in [5.74, 6) is -0.386. The van der Waals surface area contributed by atoms with Crippen molar-refractivity contribution < 1.29 is 33.4 Å². The van der Waals surface area contributed by atoms with E-state index in [9.17, 15) is 19.6 Å². The molecule has 12 nitrogen and oxygen atoms in total. The molecule has 1 aliphatic heterocycles. The zero-order chi connectivity index (χ0) is 22.2. The van der Waals surface area contributed by atoms with Crippen molar-refractivity contribution in [2.45, 2.75) is 45.3 Å². The third-order valence-corrected chi connectivity index (χ3v) is 6.85. The van der Waals surface area contributed by atoms with Crippen LogP contribution in [0.3, 0.4) is 0 Å². The van der Waals surface area contributed by atoms with E-state index in [0.29, 0.717) is 5.82 Å². The average molecular weight is 443 g/mol. The maximum atomic E-state index is 12.8. The molecule has 3 heterocycles. The molecule has 0 spiro atoms. The zero-order valence-electron chi connectivity index (χ0n) is 16.9. The lowest BCUT2D eigenvalue weighted by molar-refractivity contribution is -0.0301. The molecular weight excluding hydrogens is 417 g/mol. The molecule has 1 fully saturated rings. The minimum atomic E-state index is -3.55. The Labute approximate surface area is 172 Å². The number of rotatable bonds is 8. The van der Waals surface area contributed by atoms with Gasteiger partial charge in [0.1, 0.15) is 35.6 Å². The van der Waals surface area contributed by atoms with Gasteiger partial charge in [-0.05, 0) is 20.8 Å². The number of hydrogen-bond donors (Lipinski definition) is 4. The molecule has 166 valence electrons. The van der Waals surface area contributed by atoms with Gasteiger partial charge >= 0.3 is 7.60 Å². The molecule has 1 amide bonds. The van der Waals surface area contributed by atoms with Crippen molar-refractivity contribution >= 4 is 30.4 Å². The zero-order valence-corrected chi connectivity index (χ0v) is 17.8. The molecule has 30 heavy (non-hydrogen) atoms. The van der Waals surface area contributed by atoms with Gasteiger partial charge in [0.15, 0.2) is 6.23 Å². The molecular formula is C17H26N5O7P. The molecule has 1 saturated heterocycles. The van der Waals surface area contributed by atoms with Crippen LogP contribution >= 0.6 is 7.60 Å². The molecule has 2 aromatic rings. The number of anilines is 1. The molecule has 4 atom stereocenters. The van der Waals surface area contributed by atoms with Crippen LogP contribution in [0.2, 0.25) is 0 Å². The SMILES string of the molecule is CCOP(=O)(C[C@H]1O[C@@H](n2cc(C(N)=O)c3c(N)nc(C)nc32)[C@H](O)[C@@H]1O)OCC. The topological polar surface area (TPSA) is 185 Å². The second-order valence-electron chi connectivity index (χ2n) is 6.84. The van der Waals surface area contributed by atoms with E-state index in [2.05, 4.69) is 9.97 Å². The van der Waals surface area contributed by atoms with Gasteiger partial charge in [-0.3, -0.25) is 9.36 Å². The Kier molecular flexibility index (Phi) is 6.46. The van der Waals surface area contributed by atoms with Crippen LogP contribution in [0.5, 0.6) is 0 Å². The lowest BCUT2D eigenvalue weighted by Crippen LogP contribution is -2.33. The van der Waals surface area contributed by atoms with Gasteiger partial charge < -0.3 is 40.0 Å². The van der Waals surface area contributed by atoms with Crippen LogP contribution < -0.4 is 11.5 Å². The first kappa shape index (κ1) is 22.6. The average Bonchev–Trinajstić information content (AvgIpc) is 3.15. The summed E-state index contributed by atoms with van der Waals surface area (Å²) in [5.41, 5.74) is 11.7. The van der Waals surface area contributed by atoms with Crippen molar-refractivity contribution in [3.8, 4) is 0 Å². The monoisotopic (exact) mass is 443 g/mol. The van der Waals surface area contributed by atoms with E-state index in [4.69, 9.17) is 25.3 Å². The summed E-state index contributed by atoms with van der Waals surface area (Å²) in [4.78, 5) is 20.2. The van der Waals surface area contributed by atoms with Gasteiger partial charge in [0.2, 0.25) is 0 Å². The fraction of sp³-hybridized carbons (Fsp3) is 0.588. The van der Waals surface area contributed by atoms with E-state index >= 15 is 0 Å². The Morgan fingerprint density at radius 1 is 1.27 bits per heavy atom. The largest absolute Gasteiger partial charge is 0.387 e. The molecule has 0 radical (unpaired) electrons. The van der Waals surface area contributed by atoms with Crippen molar-refractivity contribution in [3.63, 3.8) is 0 Å². The second-order valence-corrected chi connectivity index (χ2v) is 8.95. The number of primary amides is 1. The van der Waals surface area contributed by atoms with Crippen molar-refractivity contribution in [2.75, 3.05) is 25.1 Å². The number of aryl methyl sites for hydroxylation is 1. The van der Waals surface area contributed by atoms with E-state index in [0.717, 1.165) is 0 Å². The molecule has 2 aromatic heterocycles. The molecule has 0 unspecified atom stereocenters. The number of aromatic nitrogens is 3. The molecule has 0 aliphatic carbocycles. The normalized spacial score (nSPS) is 24.6. The Bertz CT molecular complexity index is 987. The maximum Gasteiger partial charge on any atom is 0.333 e. The van der Waals surface area contributed by atoms with Crippen LogP contribution in [0.1, 0.15) is 36.3 Å². The minimum absolute atomic E-state index is 0.0468. The summed E-state index contributed by atoms with van der Waals surface area (Å²) in [6, 6.07) is 0. The number of nitrogens with two attached hydrogens (primary N) is 2. The first-order chi connectivity index (χ1) is 14.1. The third-order valence-electron chi connectivity index (χ3n) is 4.74. The van der Waals surface area contributed by atoms with Gasteiger partial charge in [0, 0.05) is 6.20 Å². The smallest absolute Gasteiger partial charge is 0.333 e. The van der Waals surface area contributed by atoms with Gasteiger partial charge in [0.25, 0.3) is 5.91 Å². The van der Waals surface area contributed by atoms with Crippen LogP contribution in [0.25, 0.3) is 11.0 Å². The number of nitrogen functional groups attached to an aromatic ring is 1. The highest BCUT2D eigenvalue weighted by Gasteiger charge is 2.47. The first-order valence-electron chi connectivity index (χ1n) is 9.46. The summed E-state index contributed by atoms with van der Waals surface area (Å²) in [6.45, 7) is 5.23. The van der Waals surface area contributed by atoms with Crippen molar-refractivity contribution in [3.05, 3.63) is 17.6 Å². The minimum Gasteiger partial charge on any atom is -0.387 e. The highest BCUT2D eigenvalue weighted by atomic mass is 31.2. The maximum absolute atomic E-state index is 12.8. The van der Waals surface area contributed by atoms with Crippen LogP contribution in [0.4, 0.5) is 5.82 Å². The predicted molar refractivity (Wildman–Crippen MR) is 107 cm³/mol.